The lowest BCUT2D eigenvalue weighted by Crippen LogP contribution is -2.35. The van der Waals surface area contributed by atoms with Gasteiger partial charge in [0.05, 0.1) is 13.2 Å². The van der Waals surface area contributed by atoms with Gasteiger partial charge in [0.1, 0.15) is 5.82 Å². The van der Waals surface area contributed by atoms with Crippen LogP contribution in [0, 0.1) is 5.82 Å². The maximum absolute atomic E-state index is 12.9. The molecule has 0 unspecified atom stereocenters. The van der Waals surface area contributed by atoms with Crippen LogP contribution in [0.4, 0.5) is 4.39 Å². The summed E-state index contributed by atoms with van der Waals surface area (Å²) >= 11 is 0. The Kier molecular flexibility index (Phi) is 6.75. The van der Waals surface area contributed by atoms with Crippen molar-refractivity contribution >= 4 is 5.91 Å². The van der Waals surface area contributed by atoms with E-state index in [0.29, 0.717) is 19.4 Å². The highest BCUT2D eigenvalue weighted by Gasteiger charge is 2.11. The lowest BCUT2D eigenvalue weighted by atomic mass is 10.1. The lowest BCUT2D eigenvalue weighted by Gasteiger charge is -2.26. The molecule has 0 atom stereocenters. The van der Waals surface area contributed by atoms with Crippen LogP contribution in [0.15, 0.2) is 48.5 Å². The van der Waals surface area contributed by atoms with E-state index >= 15 is 0 Å². The number of nitrogens with zero attached hydrogens (tertiary/aromatic N) is 1. The number of carbonyl (C=O) groups excluding carboxylic acids is 1. The van der Waals surface area contributed by atoms with Crippen molar-refractivity contribution in [2.45, 2.75) is 25.9 Å². The number of rotatable bonds is 7. The summed E-state index contributed by atoms with van der Waals surface area (Å²) in [6.45, 7) is 4.96. The Morgan fingerprint density at radius 1 is 1.04 bits per heavy atom. The van der Waals surface area contributed by atoms with Gasteiger partial charge in [-0.25, -0.2) is 4.39 Å². The normalized spacial score (nSPS) is 15.0. The second-order valence-corrected chi connectivity index (χ2v) is 6.61. The van der Waals surface area contributed by atoms with E-state index in [4.69, 9.17) is 4.74 Å². The van der Waals surface area contributed by atoms with Crippen molar-refractivity contribution in [2.24, 2.45) is 0 Å². The quantitative estimate of drug-likeness (QED) is 0.829. The Morgan fingerprint density at radius 2 is 1.77 bits per heavy atom. The van der Waals surface area contributed by atoms with Crippen molar-refractivity contribution in [3.05, 3.63) is 71.0 Å². The molecule has 1 saturated heterocycles. The molecule has 1 aliphatic heterocycles. The van der Waals surface area contributed by atoms with Crippen LogP contribution in [0.5, 0.6) is 0 Å². The molecule has 26 heavy (non-hydrogen) atoms. The SMILES string of the molecule is O=C(CCc1ccc(F)cc1)NCc1cccc(CN2CCOCC2)c1. The first-order chi connectivity index (χ1) is 12.7. The predicted molar refractivity (Wildman–Crippen MR) is 99.1 cm³/mol. The van der Waals surface area contributed by atoms with E-state index in [9.17, 15) is 9.18 Å². The van der Waals surface area contributed by atoms with Gasteiger partial charge in [-0.15, -0.1) is 0 Å². The van der Waals surface area contributed by atoms with Gasteiger partial charge in [0.2, 0.25) is 5.91 Å². The van der Waals surface area contributed by atoms with E-state index in [1.165, 1.54) is 17.7 Å². The summed E-state index contributed by atoms with van der Waals surface area (Å²) in [6.07, 6.45) is 1.02. The fraction of sp³-hybridized carbons (Fsp3) is 0.381. The molecule has 0 saturated carbocycles. The van der Waals surface area contributed by atoms with Crippen molar-refractivity contribution in [1.82, 2.24) is 10.2 Å². The van der Waals surface area contributed by atoms with E-state index in [-0.39, 0.29) is 11.7 Å². The first kappa shape index (κ1) is 18.5. The minimum Gasteiger partial charge on any atom is -0.379 e. The summed E-state index contributed by atoms with van der Waals surface area (Å²) in [5.41, 5.74) is 3.32. The second kappa shape index (κ2) is 9.46. The topological polar surface area (TPSA) is 41.6 Å². The zero-order valence-electron chi connectivity index (χ0n) is 14.9. The molecule has 0 radical (unpaired) electrons. The number of hydrogen-bond acceptors (Lipinski definition) is 3. The minimum absolute atomic E-state index is 0.00732. The number of amides is 1. The van der Waals surface area contributed by atoms with Crippen LogP contribution < -0.4 is 5.32 Å². The summed E-state index contributed by atoms with van der Waals surface area (Å²) in [6, 6.07) is 14.6. The number of aryl methyl sites for hydroxylation is 1. The molecule has 2 aromatic carbocycles. The molecule has 138 valence electrons. The molecule has 0 bridgehead atoms. The molecular weight excluding hydrogens is 331 g/mol. The van der Waals surface area contributed by atoms with Crippen LogP contribution in [0.2, 0.25) is 0 Å². The van der Waals surface area contributed by atoms with E-state index in [0.717, 1.165) is 44.0 Å². The van der Waals surface area contributed by atoms with Crippen molar-refractivity contribution in [1.29, 1.82) is 0 Å². The summed E-state index contributed by atoms with van der Waals surface area (Å²) < 4.78 is 18.3. The highest BCUT2D eigenvalue weighted by atomic mass is 19.1. The number of nitrogens with one attached hydrogen (secondary N) is 1. The molecule has 3 rings (SSSR count). The van der Waals surface area contributed by atoms with Gasteiger partial charge in [-0.1, -0.05) is 36.4 Å². The van der Waals surface area contributed by atoms with E-state index in [1.54, 1.807) is 12.1 Å². The smallest absolute Gasteiger partial charge is 0.220 e. The molecule has 1 aliphatic rings. The van der Waals surface area contributed by atoms with E-state index in [1.807, 2.05) is 12.1 Å². The highest BCUT2D eigenvalue weighted by Crippen LogP contribution is 2.10. The van der Waals surface area contributed by atoms with Gasteiger partial charge >= 0.3 is 0 Å². The number of halogens is 1. The minimum atomic E-state index is -0.254. The van der Waals surface area contributed by atoms with Gasteiger partial charge in [0.25, 0.3) is 0 Å². The van der Waals surface area contributed by atoms with Crippen LogP contribution in [-0.2, 0) is 29.0 Å². The zero-order valence-corrected chi connectivity index (χ0v) is 14.9. The van der Waals surface area contributed by atoms with Gasteiger partial charge in [-0.2, -0.15) is 0 Å². The molecular formula is C21H25FN2O2. The van der Waals surface area contributed by atoms with Gasteiger partial charge in [-0.3, -0.25) is 9.69 Å². The lowest BCUT2D eigenvalue weighted by molar-refractivity contribution is -0.121. The number of benzene rings is 2. The van der Waals surface area contributed by atoms with Crippen LogP contribution >= 0.6 is 0 Å². The summed E-state index contributed by atoms with van der Waals surface area (Å²) in [7, 11) is 0. The molecule has 0 spiro atoms. The average Bonchev–Trinajstić information content (AvgIpc) is 2.67. The number of hydrogen-bond donors (Lipinski definition) is 1. The van der Waals surface area contributed by atoms with Crippen LogP contribution in [-0.4, -0.2) is 37.1 Å². The fourth-order valence-electron chi connectivity index (χ4n) is 3.05. The molecule has 1 heterocycles. The monoisotopic (exact) mass is 356 g/mol. The van der Waals surface area contributed by atoms with Gasteiger partial charge in [0, 0.05) is 32.6 Å². The molecule has 1 N–H and O–H groups in total. The predicted octanol–water partition coefficient (Wildman–Crippen LogP) is 2.91. The molecule has 0 aliphatic carbocycles. The van der Waals surface area contributed by atoms with Crippen LogP contribution in [0.25, 0.3) is 0 Å². The van der Waals surface area contributed by atoms with E-state index < -0.39 is 0 Å². The third kappa shape index (κ3) is 5.93. The van der Waals surface area contributed by atoms with Gasteiger partial charge < -0.3 is 10.1 Å². The van der Waals surface area contributed by atoms with Crippen LogP contribution in [0.3, 0.4) is 0 Å². The molecule has 1 fully saturated rings. The third-order valence-corrected chi connectivity index (χ3v) is 4.54. The summed E-state index contributed by atoms with van der Waals surface area (Å²) in [5, 5.41) is 2.96. The third-order valence-electron chi connectivity index (χ3n) is 4.54. The maximum Gasteiger partial charge on any atom is 0.220 e. The first-order valence-corrected chi connectivity index (χ1v) is 9.08. The van der Waals surface area contributed by atoms with E-state index in [2.05, 4.69) is 22.3 Å². The number of ether oxygens (including phenoxy) is 1. The largest absolute Gasteiger partial charge is 0.379 e. The Bertz CT molecular complexity index is 712. The van der Waals surface area contributed by atoms with Gasteiger partial charge in [-0.05, 0) is 35.2 Å². The maximum atomic E-state index is 12.9. The molecule has 2 aromatic rings. The van der Waals surface area contributed by atoms with Crippen molar-refractivity contribution in [2.75, 3.05) is 26.3 Å². The Morgan fingerprint density at radius 3 is 2.54 bits per heavy atom. The zero-order chi connectivity index (χ0) is 18.2. The standard InChI is InChI=1S/C21H25FN2O2/c22-20-7-4-17(5-8-20)6-9-21(25)23-15-18-2-1-3-19(14-18)16-24-10-12-26-13-11-24/h1-5,7-8,14H,6,9-13,15-16H2,(H,23,25). The molecule has 4 nitrogen and oxygen atoms in total. The molecule has 1 amide bonds. The Balaban J connectivity index is 1.44. The fourth-order valence-corrected chi connectivity index (χ4v) is 3.05. The number of carbonyl (C=O) groups is 1. The highest BCUT2D eigenvalue weighted by molar-refractivity contribution is 5.76. The Hall–Kier alpha value is -2.24. The number of morpholine rings is 1. The molecule has 5 heteroatoms. The van der Waals surface area contributed by atoms with Crippen molar-refractivity contribution in [3.63, 3.8) is 0 Å². The second-order valence-electron chi connectivity index (χ2n) is 6.61. The van der Waals surface area contributed by atoms with Crippen LogP contribution in [0.1, 0.15) is 23.1 Å². The first-order valence-electron chi connectivity index (χ1n) is 9.08. The van der Waals surface area contributed by atoms with Crippen molar-refractivity contribution < 1.29 is 13.9 Å². The summed E-state index contributed by atoms with van der Waals surface area (Å²) in [4.78, 5) is 14.4. The summed E-state index contributed by atoms with van der Waals surface area (Å²) in [5.74, 6) is -0.247. The Labute approximate surface area is 154 Å². The molecule has 0 aromatic heterocycles. The van der Waals surface area contributed by atoms with Gasteiger partial charge in [0.15, 0.2) is 0 Å². The van der Waals surface area contributed by atoms with Crippen molar-refractivity contribution in [3.8, 4) is 0 Å². The average molecular weight is 356 g/mol.